The lowest BCUT2D eigenvalue weighted by molar-refractivity contribution is 0.169. The van der Waals surface area contributed by atoms with Gasteiger partial charge in [-0.05, 0) is 98.4 Å². The summed E-state index contributed by atoms with van der Waals surface area (Å²) in [7, 11) is 0.803. The number of nitrogens with zero attached hydrogens (tertiary/aromatic N) is 1. The topological polar surface area (TPSA) is 26.2 Å². The quantitative estimate of drug-likeness (QED) is 0.174. The van der Waals surface area contributed by atoms with E-state index in [2.05, 4.69) is 227 Å². The number of allylic oxidation sites excluding steroid dienone is 3. The van der Waals surface area contributed by atoms with E-state index < -0.39 is 0 Å². The van der Waals surface area contributed by atoms with Gasteiger partial charge in [-0.15, -0.1) is 11.3 Å². The van der Waals surface area contributed by atoms with Crippen LogP contribution in [-0.4, -0.2) is 11.8 Å². The van der Waals surface area contributed by atoms with Crippen molar-refractivity contribution in [2.24, 2.45) is 5.92 Å². The van der Waals surface area contributed by atoms with Crippen LogP contribution in [0.4, 0.5) is 11.4 Å². The minimum Gasteiger partial charge on any atom is -0.484 e. The first-order valence-electron chi connectivity index (χ1n) is 24.1. The highest BCUT2D eigenvalue weighted by atomic mass is 32.1. The zero-order chi connectivity index (χ0) is 45.6. The largest absolute Gasteiger partial charge is 0.484 e. The number of rotatable bonds is 5. The van der Waals surface area contributed by atoms with Gasteiger partial charge in [0.1, 0.15) is 11.9 Å². The zero-order valence-electron chi connectivity index (χ0n) is 38.9. The van der Waals surface area contributed by atoms with Crippen LogP contribution >= 0.6 is 11.3 Å². The summed E-state index contributed by atoms with van der Waals surface area (Å²) in [6, 6.07) is 63.3. The Labute approximate surface area is 402 Å². The Hall–Kier alpha value is -7.34. The second-order valence-corrected chi connectivity index (χ2v) is 22.0. The summed E-state index contributed by atoms with van der Waals surface area (Å²) in [6.07, 6.45) is 4.91. The molecule has 10 aromatic rings. The molecule has 1 N–H and O–H groups in total. The third-order valence-electron chi connectivity index (χ3n) is 15.5. The zero-order valence-corrected chi connectivity index (χ0v) is 39.8. The summed E-state index contributed by atoms with van der Waals surface area (Å²) in [5, 5.41) is 9.24. The van der Waals surface area contributed by atoms with Crippen molar-refractivity contribution in [3.8, 4) is 22.3 Å². The van der Waals surface area contributed by atoms with Gasteiger partial charge in [-0.1, -0.05) is 174 Å². The van der Waals surface area contributed by atoms with E-state index in [1.807, 2.05) is 11.3 Å². The highest BCUT2D eigenvalue weighted by Crippen LogP contribution is 2.54. The lowest BCUT2D eigenvalue weighted by Gasteiger charge is -2.30. The standard InChI is InChI=1S/C63H49BN2OS/c1-62(2,3)38-24-26-39(27-25-38)65-53-34-51-44(40-20-12-14-22-50(40)63(51,4)5)30-45(53)42-28-29-43-46-31-47-41-21-13-15-23-56(41)68-57(47)35-54(46)66-55-33-49-48(32-52(55)64-58(42)59(43)66)60(36-16-8-6-9-17-36)67-61(49)37-18-10-7-11-19-37/h6-35,48,60,64-65H,1-5H3. The molecule has 2 unspecified atom stereocenters. The van der Waals surface area contributed by atoms with Crippen molar-refractivity contribution in [2.75, 3.05) is 5.32 Å². The van der Waals surface area contributed by atoms with Gasteiger partial charge in [-0.2, -0.15) is 0 Å². The minimum atomic E-state index is -0.145. The Kier molecular flexibility index (Phi) is 8.39. The molecule has 0 bridgehead atoms. The van der Waals surface area contributed by atoms with Crippen molar-refractivity contribution in [1.82, 2.24) is 4.57 Å². The molecule has 0 spiro atoms. The Morgan fingerprint density at radius 1 is 0.632 bits per heavy atom. The predicted molar refractivity (Wildman–Crippen MR) is 290 cm³/mol. The smallest absolute Gasteiger partial charge is 0.198 e. The SMILES string of the molecule is CC(C)(C)c1ccc(Nc2cc3c(cc2-c2ccc4c5cc6c(cc5n5c4c2BC2=CC4C(=C(c7ccccc7)OC4c4ccccc4)C=C25)sc2ccccc26)-c2ccccc2C3(C)C)cc1. The molecule has 0 radical (unpaired) electrons. The second-order valence-electron chi connectivity index (χ2n) is 20.9. The van der Waals surface area contributed by atoms with Gasteiger partial charge in [0.2, 0.25) is 0 Å². The maximum Gasteiger partial charge on any atom is 0.198 e. The van der Waals surface area contributed by atoms with Crippen LogP contribution in [-0.2, 0) is 15.6 Å². The molecular formula is C63H49BN2OS. The number of aromatic nitrogens is 1. The van der Waals surface area contributed by atoms with Gasteiger partial charge in [0, 0.05) is 81.6 Å². The second kappa shape index (κ2) is 14.3. The van der Waals surface area contributed by atoms with Gasteiger partial charge < -0.3 is 14.6 Å². The van der Waals surface area contributed by atoms with E-state index in [1.165, 1.54) is 109 Å². The fourth-order valence-electron chi connectivity index (χ4n) is 12.1. The number of ether oxygens (including phenoxy) is 1. The van der Waals surface area contributed by atoms with E-state index in [4.69, 9.17) is 4.74 Å². The van der Waals surface area contributed by atoms with Crippen molar-refractivity contribution in [3.05, 3.63) is 221 Å². The van der Waals surface area contributed by atoms with Crippen LogP contribution in [0.3, 0.4) is 0 Å². The van der Waals surface area contributed by atoms with Crippen LogP contribution < -0.4 is 10.8 Å². The molecular weight excluding hydrogens is 844 g/mol. The number of thiophene rings is 1. The summed E-state index contributed by atoms with van der Waals surface area (Å²) in [5.74, 6) is 1.03. The van der Waals surface area contributed by atoms with Crippen molar-refractivity contribution in [1.29, 1.82) is 0 Å². The predicted octanol–water partition coefficient (Wildman–Crippen LogP) is 15.8. The number of fused-ring (bicyclic) bond motifs is 12. The Bertz CT molecular complexity index is 3880. The monoisotopic (exact) mass is 892 g/mol. The molecule has 2 atom stereocenters. The number of hydrogen-bond acceptors (Lipinski definition) is 3. The molecule has 14 rings (SSSR count). The van der Waals surface area contributed by atoms with Gasteiger partial charge in [-0.25, -0.2) is 0 Å². The third kappa shape index (κ3) is 5.78. The number of benzene rings is 8. The first-order chi connectivity index (χ1) is 33.1. The Morgan fingerprint density at radius 3 is 2.19 bits per heavy atom. The molecule has 2 aliphatic heterocycles. The summed E-state index contributed by atoms with van der Waals surface area (Å²) >= 11 is 1.89. The molecule has 5 heteroatoms. The molecule has 2 aliphatic carbocycles. The summed E-state index contributed by atoms with van der Waals surface area (Å²) in [5.41, 5.74) is 21.4. The van der Waals surface area contributed by atoms with Crippen LogP contribution in [0.25, 0.3) is 75.7 Å². The van der Waals surface area contributed by atoms with Gasteiger partial charge in [0.15, 0.2) is 7.28 Å². The van der Waals surface area contributed by atoms with Crippen LogP contribution in [0.2, 0.25) is 0 Å². The van der Waals surface area contributed by atoms with Crippen molar-refractivity contribution < 1.29 is 4.74 Å². The molecule has 4 aliphatic rings. The molecule has 0 amide bonds. The Balaban J connectivity index is 1.05. The van der Waals surface area contributed by atoms with Gasteiger partial charge >= 0.3 is 0 Å². The third-order valence-corrected chi connectivity index (χ3v) is 16.7. The molecule has 68 heavy (non-hydrogen) atoms. The number of hydrogen-bond donors (Lipinski definition) is 1. The van der Waals surface area contributed by atoms with Gasteiger partial charge in [0.25, 0.3) is 0 Å². The first kappa shape index (κ1) is 39.8. The molecule has 3 nitrogen and oxygen atoms in total. The minimum absolute atomic E-state index is 0.0544. The van der Waals surface area contributed by atoms with Crippen LogP contribution in [0.1, 0.15) is 68.5 Å². The van der Waals surface area contributed by atoms with Gasteiger partial charge in [0.05, 0.1) is 5.52 Å². The average Bonchev–Trinajstić information content (AvgIpc) is 4.07. The maximum absolute atomic E-state index is 7.15. The maximum atomic E-state index is 7.15. The van der Waals surface area contributed by atoms with E-state index in [0.717, 1.165) is 30.0 Å². The van der Waals surface area contributed by atoms with E-state index in [-0.39, 0.29) is 22.9 Å². The molecule has 8 aromatic carbocycles. The summed E-state index contributed by atoms with van der Waals surface area (Å²) < 4.78 is 12.4. The average molecular weight is 893 g/mol. The molecule has 2 aromatic heterocycles. The lowest BCUT2D eigenvalue weighted by atomic mass is 9.55. The Morgan fingerprint density at radius 2 is 1.38 bits per heavy atom. The molecule has 0 fully saturated rings. The number of nitrogens with one attached hydrogen (secondary N) is 1. The van der Waals surface area contributed by atoms with Crippen molar-refractivity contribution >= 4 is 88.9 Å². The fourth-order valence-corrected chi connectivity index (χ4v) is 13.2. The first-order valence-corrected chi connectivity index (χ1v) is 24.9. The highest BCUT2D eigenvalue weighted by Gasteiger charge is 2.42. The van der Waals surface area contributed by atoms with E-state index >= 15 is 0 Å². The van der Waals surface area contributed by atoms with Crippen molar-refractivity contribution in [2.45, 2.75) is 51.6 Å². The molecule has 0 saturated carbocycles. The van der Waals surface area contributed by atoms with Crippen LogP contribution in [0.5, 0.6) is 0 Å². The van der Waals surface area contributed by atoms with Gasteiger partial charge in [-0.3, -0.25) is 0 Å². The molecule has 0 saturated heterocycles. The molecule has 326 valence electrons. The lowest BCUT2D eigenvalue weighted by Crippen LogP contribution is -2.31. The van der Waals surface area contributed by atoms with Crippen molar-refractivity contribution in [3.63, 3.8) is 0 Å². The summed E-state index contributed by atoms with van der Waals surface area (Å²) in [6.45, 7) is 11.6. The van der Waals surface area contributed by atoms with Crippen LogP contribution in [0.15, 0.2) is 193 Å². The van der Waals surface area contributed by atoms with E-state index in [9.17, 15) is 0 Å². The normalized spacial score (nSPS) is 17.7. The van der Waals surface area contributed by atoms with E-state index in [1.54, 1.807) is 0 Å². The highest BCUT2D eigenvalue weighted by molar-refractivity contribution is 7.25. The number of anilines is 2. The molecule has 4 heterocycles. The van der Waals surface area contributed by atoms with E-state index in [0.29, 0.717) is 0 Å². The van der Waals surface area contributed by atoms with Crippen LogP contribution in [0, 0.1) is 5.92 Å². The fraction of sp³-hybridized carbons (Fsp3) is 0.143. The summed E-state index contributed by atoms with van der Waals surface area (Å²) in [4.78, 5) is 0.